The second kappa shape index (κ2) is 8.98. The van der Waals surface area contributed by atoms with Crippen molar-refractivity contribution in [1.29, 1.82) is 0 Å². The summed E-state index contributed by atoms with van der Waals surface area (Å²) in [5.74, 6) is -1.42. The Morgan fingerprint density at radius 1 is 1.03 bits per heavy atom. The number of nitrogens with zero attached hydrogens (tertiary/aromatic N) is 1. The first-order valence-electron chi connectivity index (χ1n) is 9.25. The number of hydrogen-bond donors (Lipinski definition) is 0. The standard InChI is InChI=1S/C21H27NO7/c1-7-28-17-14(18(23)26-5)16(19(24)27-6)22(20(25)29-21(2,3)4)15(17)13-11-9-8-10-12-13/h8-12,15-16H,7H2,1-6H3/t15-,16-/m0/s1. The van der Waals surface area contributed by atoms with Crippen LogP contribution in [0.1, 0.15) is 39.3 Å². The van der Waals surface area contributed by atoms with E-state index in [-0.39, 0.29) is 17.9 Å². The van der Waals surface area contributed by atoms with Gasteiger partial charge in [0.2, 0.25) is 0 Å². The molecule has 1 amide bonds. The molecule has 29 heavy (non-hydrogen) atoms. The van der Waals surface area contributed by atoms with Crippen molar-refractivity contribution in [3.63, 3.8) is 0 Å². The van der Waals surface area contributed by atoms with Crippen LogP contribution in [0.5, 0.6) is 0 Å². The molecule has 158 valence electrons. The van der Waals surface area contributed by atoms with Crippen LogP contribution in [0.3, 0.4) is 0 Å². The number of amides is 1. The van der Waals surface area contributed by atoms with Crippen molar-refractivity contribution in [3.8, 4) is 0 Å². The summed E-state index contributed by atoms with van der Waals surface area (Å²) in [6, 6.07) is 6.72. The zero-order valence-electron chi connectivity index (χ0n) is 17.6. The first-order valence-corrected chi connectivity index (χ1v) is 9.25. The maximum absolute atomic E-state index is 13.1. The van der Waals surface area contributed by atoms with Crippen LogP contribution < -0.4 is 0 Å². The van der Waals surface area contributed by atoms with Gasteiger partial charge in [0.1, 0.15) is 23.0 Å². The number of rotatable bonds is 5. The zero-order valence-corrected chi connectivity index (χ0v) is 17.6. The van der Waals surface area contributed by atoms with E-state index < -0.39 is 35.7 Å². The van der Waals surface area contributed by atoms with Gasteiger partial charge >= 0.3 is 18.0 Å². The quantitative estimate of drug-likeness (QED) is 0.549. The maximum Gasteiger partial charge on any atom is 0.412 e. The highest BCUT2D eigenvalue weighted by molar-refractivity contribution is 6.01. The molecule has 0 aliphatic carbocycles. The van der Waals surface area contributed by atoms with Gasteiger partial charge < -0.3 is 18.9 Å². The van der Waals surface area contributed by atoms with E-state index in [2.05, 4.69) is 0 Å². The lowest BCUT2D eigenvalue weighted by molar-refractivity contribution is -0.148. The van der Waals surface area contributed by atoms with Gasteiger partial charge in [0.25, 0.3) is 0 Å². The Balaban J connectivity index is 2.73. The van der Waals surface area contributed by atoms with E-state index in [1.54, 1.807) is 52.0 Å². The van der Waals surface area contributed by atoms with E-state index in [0.29, 0.717) is 5.56 Å². The third kappa shape index (κ3) is 4.70. The summed E-state index contributed by atoms with van der Waals surface area (Å²) >= 11 is 0. The van der Waals surface area contributed by atoms with E-state index >= 15 is 0 Å². The Labute approximate surface area is 170 Å². The van der Waals surface area contributed by atoms with Gasteiger partial charge in [0.05, 0.1) is 20.8 Å². The third-order valence-corrected chi connectivity index (χ3v) is 4.19. The van der Waals surface area contributed by atoms with Gasteiger partial charge in [-0.25, -0.2) is 14.4 Å². The molecule has 0 N–H and O–H groups in total. The number of carbonyl (C=O) groups excluding carboxylic acids is 3. The molecule has 0 fully saturated rings. The molecule has 0 aromatic heterocycles. The summed E-state index contributed by atoms with van der Waals surface area (Å²) in [7, 11) is 2.38. The molecule has 1 aliphatic rings. The minimum Gasteiger partial charge on any atom is -0.495 e. The van der Waals surface area contributed by atoms with E-state index in [0.717, 1.165) is 0 Å². The molecule has 0 saturated heterocycles. The molecule has 2 atom stereocenters. The Morgan fingerprint density at radius 3 is 2.14 bits per heavy atom. The first kappa shape index (κ1) is 22.3. The molecule has 0 spiro atoms. The molecule has 0 bridgehead atoms. The van der Waals surface area contributed by atoms with Crippen LogP contribution in [0.15, 0.2) is 41.7 Å². The highest BCUT2D eigenvalue weighted by atomic mass is 16.6. The molecule has 8 nitrogen and oxygen atoms in total. The van der Waals surface area contributed by atoms with Crippen molar-refractivity contribution < 1.29 is 33.3 Å². The summed E-state index contributed by atoms with van der Waals surface area (Å²) in [6.07, 6.45) is -0.780. The lowest BCUT2D eigenvalue weighted by atomic mass is 10.0. The molecule has 8 heteroatoms. The Morgan fingerprint density at radius 2 is 1.66 bits per heavy atom. The van der Waals surface area contributed by atoms with E-state index in [4.69, 9.17) is 18.9 Å². The van der Waals surface area contributed by atoms with Gasteiger partial charge in [0, 0.05) is 0 Å². The van der Waals surface area contributed by atoms with Crippen LogP contribution in [-0.2, 0) is 28.5 Å². The van der Waals surface area contributed by atoms with Crippen molar-refractivity contribution in [2.24, 2.45) is 0 Å². The number of carbonyl (C=O) groups is 3. The molecular weight excluding hydrogens is 378 g/mol. The van der Waals surface area contributed by atoms with E-state index in [1.807, 2.05) is 6.07 Å². The third-order valence-electron chi connectivity index (χ3n) is 4.19. The molecular formula is C21H27NO7. The monoisotopic (exact) mass is 405 g/mol. The van der Waals surface area contributed by atoms with Crippen LogP contribution in [-0.4, -0.2) is 55.4 Å². The smallest absolute Gasteiger partial charge is 0.412 e. The summed E-state index contributed by atoms with van der Waals surface area (Å²) in [5, 5.41) is 0. The highest BCUT2D eigenvalue weighted by Crippen LogP contribution is 2.43. The lowest BCUT2D eigenvalue weighted by Crippen LogP contribution is -2.47. The largest absolute Gasteiger partial charge is 0.495 e. The summed E-state index contributed by atoms with van der Waals surface area (Å²) in [4.78, 5) is 39.6. The normalized spacial score (nSPS) is 19.0. The Hall–Kier alpha value is -3.03. The highest BCUT2D eigenvalue weighted by Gasteiger charge is 2.53. The fraction of sp³-hybridized carbons (Fsp3) is 0.476. The molecule has 1 heterocycles. The molecule has 1 aromatic carbocycles. The SMILES string of the molecule is CCOC1=C(C(=O)OC)[C@@H](C(=O)OC)N(C(=O)OC(C)(C)C)[C@H]1c1ccccc1. The van der Waals surface area contributed by atoms with Gasteiger partial charge in [-0.15, -0.1) is 0 Å². The minimum absolute atomic E-state index is 0.0825. The zero-order chi connectivity index (χ0) is 21.8. The minimum atomic E-state index is -1.37. The average molecular weight is 405 g/mol. The summed E-state index contributed by atoms with van der Waals surface area (Å²) < 4.78 is 21.1. The van der Waals surface area contributed by atoms with E-state index in [1.165, 1.54) is 19.1 Å². The van der Waals surface area contributed by atoms with Crippen molar-refractivity contribution in [3.05, 3.63) is 47.2 Å². The number of esters is 2. The fourth-order valence-corrected chi connectivity index (χ4v) is 3.15. The number of methoxy groups -OCH3 is 2. The lowest BCUT2D eigenvalue weighted by Gasteiger charge is -2.32. The second-order valence-electron chi connectivity index (χ2n) is 7.33. The van der Waals surface area contributed by atoms with Crippen molar-refractivity contribution in [1.82, 2.24) is 4.90 Å². The first-order chi connectivity index (χ1) is 13.7. The molecule has 1 aliphatic heterocycles. The Kier molecular flexibility index (Phi) is 6.89. The molecule has 0 radical (unpaired) electrons. The van der Waals surface area contributed by atoms with Crippen LogP contribution in [0.4, 0.5) is 4.79 Å². The number of ether oxygens (including phenoxy) is 4. The summed E-state index contributed by atoms with van der Waals surface area (Å²) in [5.41, 5.74) is -0.255. The van der Waals surface area contributed by atoms with Gasteiger partial charge in [-0.2, -0.15) is 0 Å². The predicted molar refractivity (Wildman–Crippen MR) is 104 cm³/mol. The fourth-order valence-electron chi connectivity index (χ4n) is 3.15. The molecule has 1 aromatic rings. The van der Waals surface area contributed by atoms with Gasteiger partial charge in [0.15, 0.2) is 6.04 Å². The van der Waals surface area contributed by atoms with Crippen LogP contribution in [0, 0.1) is 0 Å². The van der Waals surface area contributed by atoms with Gasteiger partial charge in [-0.3, -0.25) is 4.90 Å². The van der Waals surface area contributed by atoms with Gasteiger partial charge in [-0.1, -0.05) is 30.3 Å². The van der Waals surface area contributed by atoms with E-state index in [9.17, 15) is 14.4 Å². The van der Waals surface area contributed by atoms with Crippen LogP contribution >= 0.6 is 0 Å². The number of benzene rings is 1. The average Bonchev–Trinajstić information content (AvgIpc) is 3.01. The second-order valence-corrected chi connectivity index (χ2v) is 7.33. The van der Waals surface area contributed by atoms with Crippen molar-refractivity contribution >= 4 is 18.0 Å². The topological polar surface area (TPSA) is 91.4 Å². The molecule has 0 saturated carbocycles. The predicted octanol–water partition coefficient (Wildman–Crippen LogP) is 2.98. The van der Waals surface area contributed by atoms with Crippen molar-refractivity contribution in [2.75, 3.05) is 20.8 Å². The number of hydrogen-bond acceptors (Lipinski definition) is 7. The van der Waals surface area contributed by atoms with Crippen LogP contribution in [0.25, 0.3) is 0 Å². The van der Waals surface area contributed by atoms with Crippen LogP contribution in [0.2, 0.25) is 0 Å². The Bertz CT molecular complexity index is 795. The molecule has 2 rings (SSSR count). The maximum atomic E-state index is 13.1. The van der Waals surface area contributed by atoms with Gasteiger partial charge in [-0.05, 0) is 33.3 Å². The van der Waals surface area contributed by atoms with Crippen molar-refractivity contribution in [2.45, 2.75) is 45.4 Å². The summed E-state index contributed by atoms with van der Waals surface area (Å²) in [6.45, 7) is 7.10. The molecule has 0 unspecified atom stereocenters.